The number of aliphatic imine (C=N–C) groups is 1. The van der Waals surface area contributed by atoms with Gasteiger partial charge in [0, 0.05) is 10.5 Å². The number of hydrogen-bond acceptors (Lipinski definition) is 2. The molecule has 3 heteroatoms. The van der Waals surface area contributed by atoms with E-state index in [1.54, 1.807) is 0 Å². The van der Waals surface area contributed by atoms with E-state index in [1.165, 1.54) is 0 Å². The van der Waals surface area contributed by atoms with Crippen LogP contribution in [-0.4, -0.2) is 17.3 Å². The summed E-state index contributed by atoms with van der Waals surface area (Å²) >= 11 is 0. The Morgan fingerprint density at radius 2 is 2.36 bits per heavy atom. The fourth-order valence-electron chi connectivity index (χ4n) is 2.26. The maximum Gasteiger partial charge on any atom is 0.253 e. The Morgan fingerprint density at radius 3 is 3.07 bits per heavy atom. The largest absolute Gasteiger partial charge is 0.312 e. The van der Waals surface area contributed by atoms with Gasteiger partial charge in [-0.05, 0) is 19.3 Å². The van der Waals surface area contributed by atoms with Gasteiger partial charge in [0.15, 0.2) is 0 Å². The van der Waals surface area contributed by atoms with E-state index in [-0.39, 0.29) is 12.3 Å². The number of hydrogen-bond donors (Lipinski definition) is 1. The van der Waals surface area contributed by atoms with Crippen LogP contribution in [-0.2, 0) is 4.79 Å². The summed E-state index contributed by atoms with van der Waals surface area (Å²) in [5.74, 6) is 0.694. The van der Waals surface area contributed by atoms with Crippen LogP contribution in [0.2, 0.25) is 0 Å². The van der Waals surface area contributed by atoms with Crippen LogP contribution in [0.15, 0.2) is 4.99 Å². The van der Waals surface area contributed by atoms with Crippen LogP contribution in [0.4, 0.5) is 0 Å². The first-order valence-corrected chi connectivity index (χ1v) is 5.32. The number of amidine groups is 1. The highest BCUT2D eigenvalue weighted by molar-refractivity contribution is 6.08. The minimum Gasteiger partial charge on any atom is -0.312 e. The second-order valence-electron chi connectivity index (χ2n) is 4.10. The average Bonchev–Trinajstić information content (AvgIpc) is 2.75. The number of rotatable bonds is 3. The molecule has 1 heterocycles. The number of nitrogens with zero attached hydrogens (tertiary/aromatic N) is 1. The molecule has 1 aliphatic heterocycles. The summed E-state index contributed by atoms with van der Waals surface area (Å²) in [4.78, 5) is 16.3. The van der Waals surface area contributed by atoms with Crippen LogP contribution in [0.25, 0.3) is 0 Å². The molecule has 0 aromatic carbocycles. The van der Waals surface area contributed by atoms with Crippen LogP contribution in [0, 0.1) is 0 Å². The Hall–Kier alpha value is -0.860. The highest BCUT2D eigenvalue weighted by Gasteiger charge is 2.45. The third kappa shape index (κ3) is 1.56. The molecule has 0 radical (unpaired) electrons. The molecule has 0 bridgehead atoms. The third-order valence-corrected chi connectivity index (χ3v) is 3.05. The van der Waals surface area contributed by atoms with Crippen molar-refractivity contribution in [3.8, 4) is 0 Å². The van der Waals surface area contributed by atoms with Crippen LogP contribution < -0.4 is 5.32 Å². The number of nitrogens with one attached hydrogen (secondary N) is 1. The molecule has 3 nitrogen and oxygen atoms in total. The van der Waals surface area contributed by atoms with E-state index >= 15 is 0 Å². The van der Waals surface area contributed by atoms with Gasteiger partial charge in [-0.3, -0.25) is 9.79 Å². The van der Waals surface area contributed by atoms with Crippen molar-refractivity contribution >= 4 is 11.7 Å². The van der Waals surface area contributed by atoms with Crippen LogP contribution in [0.3, 0.4) is 0 Å². The van der Waals surface area contributed by atoms with E-state index in [2.05, 4.69) is 10.3 Å². The Balaban J connectivity index is 1.89. The number of amides is 1. The molecule has 1 fully saturated rings. The van der Waals surface area contributed by atoms with Gasteiger partial charge in [-0.15, -0.1) is 0 Å². The van der Waals surface area contributed by atoms with Gasteiger partial charge in [-0.25, -0.2) is 0 Å². The molecule has 0 saturated heterocycles. The average molecular weight is 197 g/mol. The Bertz CT molecular complexity index is 343. The molecule has 1 aliphatic carbocycles. The van der Waals surface area contributed by atoms with Crippen molar-refractivity contribution in [1.82, 2.24) is 5.32 Å². The Labute approximate surface area is 89.2 Å². The maximum atomic E-state index is 11.8. The fourth-order valence-corrected chi connectivity index (χ4v) is 2.26. The number of carbonyl (C=O) groups is 1. The highest BCUT2D eigenvalue weighted by Crippen LogP contribution is 2.36. The predicted molar refractivity (Wildman–Crippen MR) is 56.3 cm³/mol. The van der Waals surface area contributed by atoms with Gasteiger partial charge in [0.1, 0.15) is 11.4 Å². The van der Waals surface area contributed by atoms with Crippen molar-refractivity contribution in [1.29, 1.82) is 0 Å². The van der Waals surface area contributed by atoms with E-state index in [0.29, 0.717) is 18.7 Å². The van der Waals surface area contributed by atoms with Crippen molar-refractivity contribution in [2.24, 2.45) is 4.99 Å². The molecule has 0 aromatic rings. The molecular weight excluding hydrogens is 176 g/mol. The standard InChI is InChI=1S/C11H18N2O/c1-2-3-6-9-12-10(14)11(13-9)7-4-5-8-11/h2-8H2,1H3,(H,12,13,14)/i1D3. The van der Waals surface area contributed by atoms with Gasteiger partial charge < -0.3 is 5.32 Å². The summed E-state index contributed by atoms with van der Waals surface area (Å²) in [5, 5.41) is 2.80. The van der Waals surface area contributed by atoms with Crippen molar-refractivity contribution in [2.75, 3.05) is 0 Å². The molecule has 2 rings (SSSR count). The van der Waals surface area contributed by atoms with Gasteiger partial charge in [0.2, 0.25) is 0 Å². The predicted octanol–water partition coefficient (Wildman–Crippen LogP) is 2.02. The van der Waals surface area contributed by atoms with Crippen LogP contribution in [0.1, 0.15) is 55.9 Å². The lowest BCUT2D eigenvalue weighted by Gasteiger charge is -2.14. The molecule has 1 spiro atoms. The zero-order valence-corrected chi connectivity index (χ0v) is 8.31. The first-order chi connectivity index (χ1) is 7.91. The summed E-state index contributed by atoms with van der Waals surface area (Å²) in [6.45, 7) is -1.88. The SMILES string of the molecule is [2H]C([2H])([2H])CCCC1=NC2(CCCC2)C(=O)N1. The lowest BCUT2D eigenvalue weighted by atomic mass is 9.99. The zero-order valence-electron chi connectivity index (χ0n) is 11.3. The third-order valence-electron chi connectivity index (χ3n) is 3.05. The molecule has 0 atom stereocenters. The lowest BCUT2D eigenvalue weighted by Crippen LogP contribution is -2.37. The van der Waals surface area contributed by atoms with E-state index in [1.807, 2.05) is 0 Å². The molecule has 0 aromatic heterocycles. The summed E-state index contributed by atoms with van der Waals surface area (Å²) in [6.07, 6.45) is 5.06. The normalized spacial score (nSPS) is 28.1. The van der Waals surface area contributed by atoms with E-state index < -0.39 is 12.4 Å². The van der Waals surface area contributed by atoms with Gasteiger partial charge in [0.25, 0.3) is 5.91 Å². The minimum atomic E-state index is -1.88. The lowest BCUT2D eigenvalue weighted by molar-refractivity contribution is -0.123. The second kappa shape index (κ2) is 3.71. The first kappa shape index (κ1) is 6.59. The van der Waals surface area contributed by atoms with Crippen molar-refractivity contribution in [3.63, 3.8) is 0 Å². The molecule has 78 valence electrons. The quantitative estimate of drug-likeness (QED) is 0.739. The zero-order chi connectivity index (χ0) is 12.5. The van der Waals surface area contributed by atoms with Gasteiger partial charge in [0.05, 0.1) is 0 Å². The summed E-state index contributed by atoms with van der Waals surface area (Å²) in [6, 6.07) is 0. The Kier molecular flexibility index (Phi) is 1.75. The van der Waals surface area contributed by atoms with Crippen molar-refractivity contribution in [3.05, 3.63) is 0 Å². The second-order valence-corrected chi connectivity index (χ2v) is 4.10. The van der Waals surface area contributed by atoms with E-state index in [9.17, 15) is 4.79 Å². The Morgan fingerprint density at radius 1 is 1.57 bits per heavy atom. The molecule has 1 saturated carbocycles. The molecule has 0 unspecified atom stereocenters. The number of carbonyl (C=O) groups excluding carboxylic acids is 1. The maximum absolute atomic E-state index is 11.8. The van der Waals surface area contributed by atoms with Gasteiger partial charge in [-0.1, -0.05) is 26.1 Å². The summed E-state index contributed by atoms with van der Waals surface area (Å²) < 4.78 is 21.3. The van der Waals surface area contributed by atoms with Crippen LogP contribution in [0.5, 0.6) is 0 Å². The molecule has 1 amide bonds. The molecular formula is C11H18N2O. The monoisotopic (exact) mass is 197 g/mol. The summed E-state index contributed by atoms with van der Waals surface area (Å²) in [5.41, 5.74) is -0.505. The minimum absolute atomic E-state index is 0.0129. The molecule has 1 N–H and O–H groups in total. The van der Waals surface area contributed by atoms with Gasteiger partial charge in [-0.2, -0.15) is 0 Å². The van der Waals surface area contributed by atoms with Gasteiger partial charge >= 0.3 is 0 Å². The van der Waals surface area contributed by atoms with Crippen LogP contribution >= 0.6 is 0 Å². The fraction of sp³-hybridized carbons (Fsp3) is 0.818. The van der Waals surface area contributed by atoms with E-state index in [4.69, 9.17) is 4.11 Å². The molecule has 2 aliphatic rings. The first-order valence-electron chi connectivity index (χ1n) is 6.82. The van der Waals surface area contributed by atoms with Crippen molar-refractivity contribution in [2.45, 2.75) is 57.3 Å². The highest BCUT2D eigenvalue weighted by atomic mass is 16.2. The summed E-state index contributed by atoms with van der Waals surface area (Å²) in [7, 11) is 0. The topological polar surface area (TPSA) is 41.5 Å². The smallest absolute Gasteiger partial charge is 0.253 e. The molecule has 14 heavy (non-hydrogen) atoms. The van der Waals surface area contributed by atoms with E-state index in [0.717, 1.165) is 25.7 Å². The van der Waals surface area contributed by atoms with Crippen molar-refractivity contribution < 1.29 is 8.91 Å².